The van der Waals surface area contributed by atoms with Gasteiger partial charge in [-0.3, -0.25) is 4.79 Å². The molecule has 0 aliphatic heterocycles. The fraction of sp³-hybridized carbons (Fsp3) is 0.429. The highest BCUT2D eigenvalue weighted by Gasteiger charge is 2.20. The van der Waals surface area contributed by atoms with Gasteiger partial charge in [0.2, 0.25) is 0 Å². The molecule has 3 aromatic rings. The van der Waals surface area contributed by atoms with E-state index in [2.05, 4.69) is 12.0 Å². The number of hydrogen-bond donors (Lipinski definition) is 2. The summed E-state index contributed by atoms with van der Waals surface area (Å²) in [5.74, 6) is 2.32. The van der Waals surface area contributed by atoms with Gasteiger partial charge in [-0.1, -0.05) is 0 Å². The van der Waals surface area contributed by atoms with Crippen LogP contribution in [0.3, 0.4) is 0 Å². The first-order valence-corrected chi connectivity index (χ1v) is 10.5. The van der Waals surface area contributed by atoms with E-state index >= 15 is 0 Å². The summed E-state index contributed by atoms with van der Waals surface area (Å²) in [6.07, 6.45) is 4.45. The second-order valence-electron chi connectivity index (χ2n) is 7.39. The average molecular weight is 401 g/mol. The number of aromatic amines is 1. The standard InChI is InChI=1S/C21H25N3O3S/c1-24(11-13-8-9-14(26-2)10-16(13)27-3)12-18-22-20(25)19-15-6-4-5-7-17(15)28-21(19)23-18/h8-10H,4-7,11-12H2,1-3H3,(H,22,23,25)/p+1. The molecule has 1 atom stereocenters. The summed E-state index contributed by atoms with van der Waals surface area (Å²) >= 11 is 1.70. The van der Waals surface area contributed by atoms with E-state index in [0.29, 0.717) is 6.54 Å². The molecule has 0 amide bonds. The summed E-state index contributed by atoms with van der Waals surface area (Å²) in [4.78, 5) is 24.0. The highest BCUT2D eigenvalue weighted by molar-refractivity contribution is 7.18. The first-order chi connectivity index (χ1) is 13.6. The third-order valence-corrected chi connectivity index (χ3v) is 6.52. The van der Waals surface area contributed by atoms with Crippen LogP contribution in [0.25, 0.3) is 10.2 Å². The van der Waals surface area contributed by atoms with Crippen molar-refractivity contribution in [3.05, 3.63) is 50.4 Å². The Morgan fingerprint density at radius 3 is 2.79 bits per heavy atom. The smallest absolute Gasteiger partial charge is 0.260 e. The molecule has 0 saturated carbocycles. The molecule has 2 N–H and O–H groups in total. The van der Waals surface area contributed by atoms with Crippen molar-refractivity contribution in [2.45, 2.75) is 38.8 Å². The molecule has 7 heteroatoms. The number of ether oxygens (including phenoxy) is 2. The van der Waals surface area contributed by atoms with E-state index in [1.807, 2.05) is 18.2 Å². The Morgan fingerprint density at radius 1 is 1.18 bits per heavy atom. The number of benzene rings is 1. The number of H-pyrrole nitrogens is 1. The van der Waals surface area contributed by atoms with Crippen molar-refractivity contribution < 1.29 is 14.4 Å². The summed E-state index contributed by atoms with van der Waals surface area (Å²) in [5, 5.41) is 0.818. The van der Waals surface area contributed by atoms with Crippen molar-refractivity contribution in [1.82, 2.24) is 9.97 Å². The Morgan fingerprint density at radius 2 is 2.00 bits per heavy atom. The fourth-order valence-corrected chi connectivity index (χ4v) is 5.24. The first-order valence-electron chi connectivity index (χ1n) is 9.64. The molecule has 148 valence electrons. The molecule has 0 fully saturated rings. The Labute approximate surface area is 168 Å². The topological polar surface area (TPSA) is 68.7 Å². The van der Waals surface area contributed by atoms with Gasteiger partial charge in [-0.2, -0.15) is 0 Å². The van der Waals surface area contributed by atoms with Gasteiger partial charge in [-0.05, 0) is 43.4 Å². The maximum atomic E-state index is 12.7. The molecule has 1 unspecified atom stereocenters. The van der Waals surface area contributed by atoms with Gasteiger partial charge in [0.05, 0.1) is 26.7 Å². The lowest BCUT2D eigenvalue weighted by atomic mass is 9.97. The monoisotopic (exact) mass is 400 g/mol. The maximum Gasteiger partial charge on any atom is 0.260 e. The molecule has 4 rings (SSSR count). The van der Waals surface area contributed by atoms with E-state index in [1.165, 1.54) is 21.8 Å². The van der Waals surface area contributed by atoms with Crippen LogP contribution in [0.4, 0.5) is 0 Å². The predicted molar refractivity (Wildman–Crippen MR) is 111 cm³/mol. The van der Waals surface area contributed by atoms with E-state index in [9.17, 15) is 4.79 Å². The zero-order valence-corrected chi connectivity index (χ0v) is 17.4. The van der Waals surface area contributed by atoms with Gasteiger partial charge >= 0.3 is 0 Å². The Hall–Kier alpha value is -2.38. The fourth-order valence-electron chi connectivity index (χ4n) is 3.96. The van der Waals surface area contributed by atoms with Crippen LogP contribution in [0.2, 0.25) is 0 Å². The third kappa shape index (κ3) is 3.64. The molecular formula is C21H26N3O3S+. The van der Waals surface area contributed by atoms with Crippen LogP contribution in [-0.2, 0) is 25.9 Å². The van der Waals surface area contributed by atoms with Crippen LogP contribution in [0.5, 0.6) is 11.5 Å². The van der Waals surface area contributed by atoms with Gasteiger partial charge in [-0.15, -0.1) is 11.3 Å². The molecule has 1 aliphatic rings. The molecule has 0 bridgehead atoms. The highest BCUT2D eigenvalue weighted by Crippen LogP contribution is 2.33. The molecule has 1 aliphatic carbocycles. The number of aryl methyl sites for hydroxylation is 2. The SMILES string of the molecule is COc1ccc(C[NH+](C)Cc2nc3sc4c(c3c(=O)[nH]2)CCCC4)c(OC)c1. The van der Waals surface area contributed by atoms with Gasteiger partial charge < -0.3 is 19.4 Å². The number of aromatic nitrogens is 2. The second-order valence-corrected chi connectivity index (χ2v) is 8.48. The van der Waals surface area contributed by atoms with E-state index in [4.69, 9.17) is 14.5 Å². The van der Waals surface area contributed by atoms with E-state index < -0.39 is 0 Å². The lowest BCUT2D eigenvalue weighted by Crippen LogP contribution is -3.06. The minimum absolute atomic E-state index is 0.00854. The summed E-state index contributed by atoms with van der Waals surface area (Å²) in [7, 11) is 5.40. The van der Waals surface area contributed by atoms with Gasteiger partial charge in [0, 0.05) is 16.5 Å². The van der Waals surface area contributed by atoms with Crippen molar-refractivity contribution in [2.24, 2.45) is 0 Å². The molecule has 2 heterocycles. The summed E-state index contributed by atoms with van der Waals surface area (Å²) < 4.78 is 10.8. The van der Waals surface area contributed by atoms with Gasteiger partial charge in [-0.25, -0.2) is 4.98 Å². The molecule has 2 aromatic heterocycles. The molecule has 0 saturated heterocycles. The number of nitrogens with one attached hydrogen (secondary N) is 2. The minimum Gasteiger partial charge on any atom is -0.497 e. The summed E-state index contributed by atoms with van der Waals surface area (Å²) in [6, 6.07) is 5.85. The highest BCUT2D eigenvalue weighted by atomic mass is 32.1. The van der Waals surface area contributed by atoms with E-state index in [0.717, 1.165) is 58.9 Å². The Kier molecular flexibility index (Phi) is 5.37. The van der Waals surface area contributed by atoms with Crippen LogP contribution in [0, 0.1) is 0 Å². The number of hydrogen-bond acceptors (Lipinski definition) is 5. The molecule has 0 spiro atoms. The first kappa shape index (κ1) is 19.0. The Bertz CT molecular complexity index is 1060. The van der Waals surface area contributed by atoms with Gasteiger partial charge in [0.25, 0.3) is 5.56 Å². The predicted octanol–water partition coefficient (Wildman–Crippen LogP) is 2.10. The van der Waals surface area contributed by atoms with E-state index in [-0.39, 0.29) is 5.56 Å². The van der Waals surface area contributed by atoms with Crippen LogP contribution in [-0.4, -0.2) is 31.2 Å². The van der Waals surface area contributed by atoms with Crippen LogP contribution in [0.1, 0.15) is 34.7 Å². The van der Waals surface area contributed by atoms with Crippen molar-refractivity contribution in [2.75, 3.05) is 21.3 Å². The third-order valence-electron chi connectivity index (χ3n) is 5.33. The minimum atomic E-state index is 0.00854. The zero-order valence-electron chi connectivity index (χ0n) is 16.6. The normalized spacial score (nSPS) is 14.7. The molecule has 28 heavy (non-hydrogen) atoms. The number of quaternary nitrogens is 1. The maximum absolute atomic E-state index is 12.7. The van der Waals surface area contributed by atoms with Gasteiger partial charge in [0.1, 0.15) is 29.4 Å². The van der Waals surface area contributed by atoms with Crippen LogP contribution in [0.15, 0.2) is 23.0 Å². The van der Waals surface area contributed by atoms with Crippen molar-refractivity contribution in [1.29, 1.82) is 0 Å². The number of nitrogens with zero attached hydrogens (tertiary/aromatic N) is 1. The molecule has 6 nitrogen and oxygen atoms in total. The molecule has 0 radical (unpaired) electrons. The summed E-state index contributed by atoms with van der Waals surface area (Å²) in [6.45, 7) is 1.40. The number of fused-ring (bicyclic) bond motifs is 3. The van der Waals surface area contributed by atoms with Crippen LogP contribution < -0.4 is 19.9 Å². The van der Waals surface area contributed by atoms with Crippen molar-refractivity contribution in [3.63, 3.8) is 0 Å². The summed E-state index contributed by atoms with van der Waals surface area (Å²) in [5.41, 5.74) is 2.33. The van der Waals surface area contributed by atoms with Gasteiger partial charge in [0.15, 0.2) is 5.82 Å². The largest absolute Gasteiger partial charge is 0.497 e. The zero-order chi connectivity index (χ0) is 19.7. The molecule has 1 aromatic carbocycles. The van der Waals surface area contributed by atoms with Crippen molar-refractivity contribution >= 4 is 21.6 Å². The average Bonchev–Trinajstić information content (AvgIpc) is 3.06. The Balaban J connectivity index is 1.56. The quantitative estimate of drug-likeness (QED) is 0.665. The lowest BCUT2D eigenvalue weighted by molar-refractivity contribution is -0.908. The number of thiophene rings is 1. The molecular weight excluding hydrogens is 374 g/mol. The van der Waals surface area contributed by atoms with E-state index in [1.54, 1.807) is 25.6 Å². The lowest BCUT2D eigenvalue weighted by Gasteiger charge is -2.16. The van der Waals surface area contributed by atoms with Crippen LogP contribution >= 0.6 is 11.3 Å². The number of methoxy groups -OCH3 is 2. The second kappa shape index (κ2) is 7.93. The van der Waals surface area contributed by atoms with Crippen molar-refractivity contribution in [3.8, 4) is 11.5 Å². The number of rotatable bonds is 6.